The molecule has 0 fully saturated rings. The fourth-order valence-electron chi connectivity index (χ4n) is 3.87. The van der Waals surface area contributed by atoms with Crippen LogP contribution in [0, 0.1) is 0 Å². The van der Waals surface area contributed by atoms with Crippen molar-refractivity contribution in [1.82, 2.24) is 13.9 Å². The van der Waals surface area contributed by atoms with Crippen LogP contribution in [-0.2, 0) is 12.1 Å². The fraction of sp³-hybridized carbons (Fsp3) is 0.500. The van der Waals surface area contributed by atoms with Crippen LogP contribution < -0.4 is 11.4 Å². The van der Waals surface area contributed by atoms with Crippen LogP contribution in [0.25, 0.3) is 5.69 Å². The molecule has 1 aromatic heterocycles. The maximum absolute atomic E-state index is 12.9. The molecule has 0 N–H and O–H groups in total. The normalized spacial score (nSPS) is 20.1. The number of hydrogen-bond acceptors (Lipinski definition) is 2. The van der Waals surface area contributed by atoms with Gasteiger partial charge in [0.15, 0.2) is 0 Å². The molecule has 0 spiro atoms. The molecule has 1 atom stereocenters. The first kappa shape index (κ1) is 15.1. The molecule has 0 saturated heterocycles. The van der Waals surface area contributed by atoms with Crippen molar-refractivity contribution in [3.8, 4) is 5.69 Å². The van der Waals surface area contributed by atoms with Gasteiger partial charge in [-0.25, -0.2) is 23.5 Å². The fourth-order valence-corrected chi connectivity index (χ4v) is 6.84. The quantitative estimate of drug-likeness (QED) is 0.798. The Morgan fingerprint density at radius 3 is 2.14 bits per heavy atom. The van der Waals surface area contributed by atoms with Gasteiger partial charge in [-0.2, -0.15) is 0 Å². The van der Waals surface area contributed by atoms with E-state index < -0.39 is 8.07 Å². The van der Waals surface area contributed by atoms with Crippen LogP contribution in [0.5, 0.6) is 0 Å². The molecule has 3 rings (SSSR count). The lowest BCUT2D eigenvalue weighted by atomic mass is 10.0. The molecule has 0 aliphatic carbocycles. The first-order valence-corrected chi connectivity index (χ1v) is 11.2. The highest BCUT2D eigenvalue weighted by atomic mass is 28.3. The molecule has 1 unspecified atom stereocenters. The smallest absolute Gasteiger partial charge is 0.246 e. The Morgan fingerprint density at radius 2 is 1.64 bits per heavy atom. The van der Waals surface area contributed by atoms with Crippen LogP contribution in [-0.4, -0.2) is 22.0 Å². The predicted molar refractivity (Wildman–Crippen MR) is 90.7 cm³/mol. The third-order valence-electron chi connectivity index (χ3n) is 4.84. The monoisotopic (exact) mass is 317 g/mol. The molecule has 1 aliphatic rings. The molecular weight excluding hydrogens is 294 g/mol. The third kappa shape index (κ3) is 1.97. The summed E-state index contributed by atoms with van der Waals surface area (Å²) in [6, 6.07) is 9.14. The second-order valence-corrected chi connectivity index (χ2v) is 13.1. The minimum absolute atomic E-state index is 0.231. The van der Waals surface area contributed by atoms with E-state index in [1.165, 1.54) is 4.57 Å². The number of nitrogens with zero attached hydrogens (tertiary/aromatic N) is 3. The maximum atomic E-state index is 12.9. The van der Waals surface area contributed by atoms with E-state index in [1.807, 2.05) is 18.2 Å². The summed E-state index contributed by atoms with van der Waals surface area (Å²) in [6.45, 7) is 11.7. The summed E-state index contributed by atoms with van der Waals surface area (Å²) < 4.78 is 4.59. The average Bonchev–Trinajstić information content (AvgIpc) is 2.84. The van der Waals surface area contributed by atoms with Gasteiger partial charge in [-0.1, -0.05) is 37.8 Å². The van der Waals surface area contributed by atoms with Gasteiger partial charge in [-0.15, -0.1) is 0 Å². The van der Waals surface area contributed by atoms with Gasteiger partial charge < -0.3 is 0 Å². The minimum atomic E-state index is -1.49. The molecule has 118 valence electrons. The molecule has 22 heavy (non-hydrogen) atoms. The van der Waals surface area contributed by atoms with Gasteiger partial charge in [-0.05, 0) is 31.5 Å². The Bertz CT molecular complexity index is 822. The van der Waals surface area contributed by atoms with Crippen molar-refractivity contribution in [2.24, 2.45) is 0 Å². The van der Waals surface area contributed by atoms with E-state index >= 15 is 0 Å². The summed E-state index contributed by atoms with van der Waals surface area (Å²) in [5, 5.41) is 0. The number of rotatable bonds is 2. The Labute approximate surface area is 130 Å². The molecule has 1 aliphatic heterocycles. The van der Waals surface area contributed by atoms with Crippen LogP contribution >= 0.6 is 0 Å². The zero-order chi connectivity index (χ0) is 16.3. The molecule has 0 saturated carbocycles. The molecule has 0 bridgehead atoms. The molecule has 6 heteroatoms. The van der Waals surface area contributed by atoms with Gasteiger partial charge in [0.05, 0.1) is 19.3 Å². The molecule has 0 radical (unpaired) electrons. The Balaban J connectivity index is 2.24. The number of fused-ring (bicyclic) bond motifs is 1. The van der Waals surface area contributed by atoms with Gasteiger partial charge in [0.2, 0.25) is 0 Å². The molecule has 2 heterocycles. The van der Waals surface area contributed by atoms with Crippen LogP contribution in [0.2, 0.25) is 25.2 Å². The van der Waals surface area contributed by atoms with Crippen molar-refractivity contribution < 1.29 is 0 Å². The first-order chi connectivity index (χ1) is 10.2. The highest BCUT2D eigenvalue weighted by Gasteiger charge is 2.48. The zero-order valence-electron chi connectivity index (χ0n) is 13.8. The average molecular weight is 317 g/mol. The summed E-state index contributed by atoms with van der Waals surface area (Å²) in [4.78, 5) is 25.7. The van der Waals surface area contributed by atoms with Gasteiger partial charge in [0, 0.05) is 6.54 Å². The standard InChI is InChI=1S/C16H23N3O2Si/c1-16(2)13(22(3,4)5)11-17-14(20)18(15(21)19(16)17)12-9-7-6-8-10-12/h6-10,13H,11H2,1-5H3. The Hall–Kier alpha value is -1.82. The van der Waals surface area contributed by atoms with Gasteiger partial charge in [-0.3, -0.25) is 0 Å². The third-order valence-corrected chi connectivity index (χ3v) is 7.82. The van der Waals surface area contributed by atoms with Gasteiger partial charge in [0.1, 0.15) is 0 Å². The number of benzene rings is 1. The minimum Gasteiger partial charge on any atom is -0.246 e. The van der Waals surface area contributed by atoms with Crippen molar-refractivity contribution in [2.45, 2.75) is 51.1 Å². The lowest BCUT2D eigenvalue weighted by molar-refractivity contribution is 0.335. The van der Waals surface area contributed by atoms with Crippen LogP contribution in [0.1, 0.15) is 13.8 Å². The second kappa shape index (κ2) is 4.58. The molecular formula is C16H23N3O2Si. The summed E-state index contributed by atoms with van der Waals surface area (Å²) in [7, 11) is -1.49. The molecule has 2 aromatic rings. The first-order valence-electron chi connectivity index (χ1n) is 7.66. The maximum Gasteiger partial charge on any atom is 0.352 e. The van der Waals surface area contributed by atoms with E-state index in [4.69, 9.17) is 0 Å². The molecule has 0 amide bonds. The summed E-state index contributed by atoms with van der Waals surface area (Å²) >= 11 is 0. The van der Waals surface area contributed by atoms with Crippen molar-refractivity contribution in [2.75, 3.05) is 0 Å². The van der Waals surface area contributed by atoms with Gasteiger partial charge >= 0.3 is 11.4 Å². The lowest BCUT2D eigenvalue weighted by Gasteiger charge is -2.35. The summed E-state index contributed by atoms with van der Waals surface area (Å²) in [6.07, 6.45) is 0. The van der Waals surface area contributed by atoms with E-state index in [0.717, 1.165) is 0 Å². The summed E-state index contributed by atoms with van der Waals surface area (Å²) in [5.41, 5.74) is 0.200. The lowest BCUT2D eigenvalue weighted by Crippen LogP contribution is -2.45. The van der Waals surface area contributed by atoms with Crippen molar-refractivity contribution in [3.05, 3.63) is 51.3 Å². The van der Waals surface area contributed by atoms with Crippen LogP contribution in [0.4, 0.5) is 0 Å². The largest absolute Gasteiger partial charge is 0.352 e. The topological polar surface area (TPSA) is 48.9 Å². The van der Waals surface area contributed by atoms with Gasteiger partial charge in [0.25, 0.3) is 0 Å². The molecule has 1 aromatic carbocycles. The van der Waals surface area contributed by atoms with Crippen molar-refractivity contribution in [1.29, 1.82) is 0 Å². The van der Waals surface area contributed by atoms with E-state index in [2.05, 4.69) is 33.5 Å². The molecule has 5 nitrogen and oxygen atoms in total. The second-order valence-electron chi connectivity index (χ2n) is 7.70. The highest BCUT2D eigenvalue weighted by Crippen LogP contribution is 2.42. The van der Waals surface area contributed by atoms with E-state index in [1.54, 1.807) is 21.5 Å². The van der Waals surface area contributed by atoms with Crippen molar-refractivity contribution in [3.63, 3.8) is 0 Å². The van der Waals surface area contributed by atoms with Crippen LogP contribution in [0.3, 0.4) is 0 Å². The van der Waals surface area contributed by atoms with Crippen molar-refractivity contribution >= 4 is 8.07 Å². The number of para-hydroxylation sites is 1. The van der Waals surface area contributed by atoms with Crippen LogP contribution in [0.15, 0.2) is 39.9 Å². The number of hydrogen-bond donors (Lipinski definition) is 0. The Kier molecular flexibility index (Phi) is 3.14. The van der Waals surface area contributed by atoms with E-state index in [9.17, 15) is 9.59 Å². The van der Waals surface area contributed by atoms with E-state index in [0.29, 0.717) is 17.8 Å². The SMILES string of the molecule is CC1(C)C([Si](C)(C)C)Cn2c(=O)n(-c3ccccc3)c(=O)n21. The highest BCUT2D eigenvalue weighted by molar-refractivity contribution is 6.77. The Morgan fingerprint density at radius 1 is 1.05 bits per heavy atom. The van der Waals surface area contributed by atoms with E-state index in [-0.39, 0.29) is 16.9 Å². The number of aromatic nitrogens is 3. The zero-order valence-corrected chi connectivity index (χ0v) is 14.8. The summed E-state index contributed by atoms with van der Waals surface area (Å²) in [5.74, 6) is 0. The predicted octanol–water partition coefficient (Wildman–Crippen LogP) is 2.26.